The van der Waals surface area contributed by atoms with E-state index in [1.54, 1.807) is 12.2 Å². The van der Waals surface area contributed by atoms with Crippen LogP contribution in [0.15, 0.2) is 70.6 Å². The molecular formula is C19H22N6O2. The molecule has 0 bridgehead atoms. The Morgan fingerprint density at radius 3 is 2.70 bits per heavy atom. The van der Waals surface area contributed by atoms with E-state index in [-0.39, 0.29) is 5.57 Å². The van der Waals surface area contributed by atoms with E-state index >= 15 is 0 Å². The number of nitrogens with one attached hydrogen (secondary N) is 1. The summed E-state index contributed by atoms with van der Waals surface area (Å²) in [6.07, 6.45) is 4.83. The minimum atomic E-state index is -0.433. The predicted octanol–water partition coefficient (Wildman–Crippen LogP) is 0.428. The number of hydrogen-bond acceptors (Lipinski definition) is 6. The third-order valence-electron chi connectivity index (χ3n) is 4.19. The van der Waals surface area contributed by atoms with Crippen LogP contribution in [0, 0.1) is 0 Å². The van der Waals surface area contributed by atoms with Gasteiger partial charge in [-0.15, -0.1) is 0 Å². The largest absolute Gasteiger partial charge is 0.405 e. The third kappa shape index (κ3) is 4.24. The van der Waals surface area contributed by atoms with Crippen molar-refractivity contribution in [3.63, 3.8) is 0 Å². The van der Waals surface area contributed by atoms with Crippen LogP contribution in [0.4, 0.5) is 0 Å². The highest BCUT2D eigenvalue weighted by molar-refractivity contribution is 6.22. The van der Waals surface area contributed by atoms with Crippen molar-refractivity contribution >= 4 is 17.6 Å². The molecule has 2 heterocycles. The van der Waals surface area contributed by atoms with Crippen molar-refractivity contribution in [2.75, 3.05) is 26.3 Å². The first-order valence-electron chi connectivity index (χ1n) is 8.53. The number of ether oxygens (including phenoxy) is 1. The number of rotatable bonds is 5. The Bertz CT molecular complexity index is 863. The number of hydrogen-bond donors (Lipinski definition) is 3. The fraction of sp³-hybridized carbons (Fsp3) is 0.211. The number of carbonyl (C=O) groups is 1. The summed E-state index contributed by atoms with van der Waals surface area (Å²) >= 11 is 0. The number of aliphatic imine (C=N–C) groups is 1. The summed E-state index contributed by atoms with van der Waals surface area (Å²) in [5, 5.41) is 4.08. The van der Waals surface area contributed by atoms with Gasteiger partial charge in [0.15, 0.2) is 5.84 Å². The summed E-state index contributed by atoms with van der Waals surface area (Å²) in [6, 6.07) is 7.43. The van der Waals surface area contributed by atoms with Gasteiger partial charge in [-0.05, 0) is 18.4 Å². The Morgan fingerprint density at radius 1 is 1.30 bits per heavy atom. The standard InChI is InChI=1S/C19H22N6O2/c1-13(12-14(6-7-20)25-8-10-27-11-9-25)19(26)24-23-18-16-5-3-2-4-15(16)17(21)22-18/h2-7,12H,1,8-11,20H2,(H,24,26)(H2,21,22,23)/b7-6-,14-12+. The van der Waals surface area contributed by atoms with Gasteiger partial charge in [-0.1, -0.05) is 30.8 Å². The van der Waals surface area contributed by atoms with E-state index in [4.69, 9.17) is 16.2 Å². The lowest BCUT2D eigenvalue weighted by Gasteiger charge is -2.29. The van der Waals surface area contributed by atoms with E-state index in [2.05, 4.69) is 27.0 Å². The molecule has 0 saturated carbocycles. The number of morpholine rings is 1. The number of hydrazone groups is 1. The third-order valence-corrected chi connectivity index (χ3v) is 4.19. The first kappa shape index (κ1) is 18.4. The lowest BCUT2D eigenvalue weighted by Crippen LogP contribution is -2.35. The second-order valence-corrected chi connectivity index (χ2v) is 5.97. The summed E-state index contributed by atoms with van der Waals surface area (Å²) in [6.45, 7) is 6.52. The van der Waals surface area contributed by atoms with Gasteiger partial charge < -0.3 is 21.1 Å². The summed E-state index contributed by atoms with van der Waals surface area (Å²) in [5.74, 6) is 0.306. The van der Waals surface area contributed by atoms with Gasteiger partial charge in [0, 0.05) is 35.5 Å². The van der Waals surface area contributed by atoms with E-state index < -0.39 is 5.91 Å². The molecule has 3 rings (SSSR count). The minimum Gasteiger partial charge on any atom is -0.405 e. The zero-order valence-corrected chi connectivity index (χ0v) is 14.9. The summed E-state index contributed by atoms with van der Waals surface area (Å²) in [4.78, 5) is 18.6. The number of nitrogens with two attached hydrogens (primary N) is 2. The monoisotopic (exact) mass is 366 g/mol. The number of carbonyl (C=O) groups excluding carboxylic acids is 1. The maximum Gasteiger partial charge on any atom is 0.270 e. The SMILES string of the molecule is C=C(/C=C(\C=C/N)N1CCOCC1)C(=O)N/N=C1\N=C(N)c2ccccc21. The molecule has 140 valence electrons. The van der Waals surface area contributed by atoms with Gasteiger partial charge in [0.1, 0.15) is 5.84 Å². The lowest BCUT2D eigenvalue weighted by molar-refractivity contribution is -0.117. The minimum absolute atomic E-state index is 0.252. The molecule has 27 heavy (non-hydrogen) atoms. The highest BCUT2D eigenvalue weighted by atomic mass is 16.5. The van der Waals surface area contributed by atoms with Crippen molar-refractivity contribution in [2.45, 2.75) is 0 Å². The number of fused-ring (bicyclic) bond motifs is 1. The van der Waals surface area contributed by atoms with Crippen LogP contribution < -0.4 is 16.9 Å². The smallest absolute Gasteiger partial charge is 0.270 e. The van der Waals surface area contributed by atoms with Gasteiger partial charge in [-0.3, -0.25) is 4.79 Å². The molecule has 0 spiro atoms. The van der Waals surface area contributed by atoms with Gasteiger partial charge in [-0.25, -0.2) is 10.4 Å². The van der Waals surface area contributed by atoms with Crippen LogP contribution >= 0.6 is 0 Å². The van der Waals surface area contributed by atoms with E-state index in [9.17, 15) is 4.79 Å². The molecule has 2 aliphatic heterocycles. The highest BCUT2D eigenvalue weighted by Gasteiger charge is 2.19. The van der Waals surface area contributed by atoms with Crippen molar-refractivity contribution in [1.29, 1.82) is 0 Å². The zero-order chi connectivity index (χ0) is 19.2. The normalized spacial score (nSPS) is 18.5. The average molecular weight is 366 g/mol. The van der Waals surface area contributed by atoms with Crippen LogP contribution in [-0.4, -0.2) is 48.8 Å². The fourth-order valence-electron chi connectivity index (χ4n) is 2.81. The van der Waals surface area contributed by atoms with Gasteiger partial charge in [0.25, 0.3) is 5.91 Å². The molecule has 1 amide bonds. The van der Waals surface area contributed by atoms with Crippen molar-refractivity contribution in [2.24, 2.45) is 21.6 Å². The molecule has 0 unspecified atom stereocenters. The van der Waals surface area contributed by atoms with E-state index in [0.717, 1.165) is 29.9 Å². The molecule has 1 fully saturated rings. The molecule has 0 aliphatic carbocycles. The van der Waals surface area contributed by atoms with Crippen LogP contribution in [0.3, 0.4) is 0 Å². The van der Waals surface area contributed by atoms with Crippen LogP contribution in [0.5, 0.6) is 0 Å². The topological polar surface area (TPSA) is 118 Å². The summed E-state index contributed by atoms with van der Waals surface area (Å²) < 4.78 is 5.35. The Balaban J connectivity index is 1.71. The van der Waals surface area contributed by atoms with Crippen molar-refractivity contribution in [3.8, 4) is 0 Å². The van der Waals surface area contributed by atoms with Crippen molar-refractivity contribution in [1.82, 2.24) is 10.3 Å². The van der Waals surface area contributed by atoms with Crippen molar-refractivity contribution < 1.29 is 9.53 Å². The first-order valence-corrected chi connectivity index (χ1v) is 8.53. The molecule has 8 nitrogen and oxygen atoms in total. The molecule has 0 atom stereocenters. The van der Waals surface area contributed by atoms with Gasteiger partial charge in [-0.2, -0.15) is 5.10 Å². The van der Waals surface area contributed by atoms with E-state index in [1.807, 2.05) is 24.3 Å². The average Bonchev–Trinajstić information content (AvgIpc) is 3.02. The molecule has 0 radical (unpaired) electrons. The summed E-state index contributed by atoms with van der Waals surface area (Å²) in [5.41, 5.74) is 16.5. The van der Waals surface area contributed by atoms with Crippen LogP contribution in [0.2, 0.25) is 0 Å². The molecular weight excluding hydrogens is 344 g/mol. The molecule has 8 heteroatoms. The molecule has 0 aromatic heterocycles. The Hall–Kier alpha value is -3.39. The van der Waals surface area contributed by atoms with Crippen LogP contribution in [0.1, 0.15) is 11.1 Å². The first-order chi connectivity index (χ1) is 13.1. The second kappa shape index (κ2) is 8.33. The lowest BCUT2D eigenvalue weighted by atomic mass is 10.1. The molecule has 1 aromatic rings. The number of nitrogens with zero attached hydrogens (tertiary/aromatic N) is 3. The Labute approximate surface area is 157 Å². The van der Waals surface area contributed by atoms with Gasteiger partial charge in [0.05, 0.1) is 13.2 Å². The van der Waals surface area contributed by atoms with Crippen LogP contribution in [0.25, 0.3) is 0 Å². The maximum absolute atomic E-state index is 12.4. The molecule has 1 aromatic carbocycles. The zero-order valence-electron chi connectivity index (χ0n) is 14.9. The molecule has 5 N–H and O–H groups in total. The number of amidine groups is 2. The van der Waals surface area contributed by atoms with E-state index in [0.29, 0.717) is 24.9 Å². The fourth-order valence-corrected chi connectivity index (χ4v) is 2.81. The Kier molecular flexibility index (Phi) is 5.68. The molecule has 2 aliphatic rings. The van der Waals surface area contributed by atoms with Crippen LogP contribution in [-0.2, 0) is 9.53 Å². The predicted molar refractivity (Wildman–Crippen MR) is 105 cm³/mol. The Morgan fingerprint density at radius 2 is 2.00 bits per heavy atom. The maximum atomic E-state index is 12.4. The summed E-state index contributed by atoms with van der Waals surface area (Å²) in [7, 11) is 0. The quantitative estimate of drug-likeness (QED) is 0.397. The number of amides is 1. The number of benzene rings is 1. The van der Waals surface area contributed by atoms with Gasteiger partial charge >= 0.3 is 0 Å². The second-order valence-electron chi connectivity index (χ2n) is 5.97. The highest BCUT2D eigenvalue weighted by Crippen LogP contribution is 2.17. The van der Waals surface area contributed by atoms with E-state index in [1.165, 1.54) is 6.20 Å². The van der Waals surface area contributed by atoms with Gasteiger partial charge in [0.2, 0.25) is 0 Å². The number of allylic oxidation sites excluding steroid dienone is 1. The van der Waals surface area contributed by atoms with Crippen molar-refractivity contribution in [3.05, 3.63) is 71.6 Å². The molecule has 1 saturated heterocycles.